The van der Waals surface area contributed by atoms with Gasteiger partial charge in [0, 0.05) is 5.56 Å². The molecule has 1 unspecified atom stereocenters. The number of ether oxygens (including phenoxy) is 1. The molecule has 0 aliphatic carbocycles. The smallest absolute Gasteiger partial charge is 0.256 e. The highest BCUT2D eigenvalue weighted by molar-refractivity contribution is 6.07. The molecule has 28 heavy (non-hydrogen) atoms. The maximum absolute atomic E-state index is 13.5. The Morgan fingerprint density at radius 2 is 2.21 bits per heavy atom. The minimum atomic E-state index is -0.418. The van der Waals surface area contributed by atoms with Crippen LogP contribution in [0.2, 0.25) is 0 Å². The summed E-state index contributed by atoms with van der Waals surface area (Å²) in [4.78, 5) is 12.7. The van der Waals surface area contributed by atoms with Crippen LogP contribution in [0.4, 0.5) is 10.2 Å². The molecular formula is C20H21ClFN3O3. The van der Waals surface area contributed by atoms with Crippen molar-refractivity contribution in [2.45, 2.75) is 12.8 Å². The van der Waals surface area contributed by atoms with Crippen LogP contribution in [0.25, 0.3) is 11.0 Å². The van der Waals surface area contributed by atoms with Crippen molar-refractivity contribution in [1.29, 1.82) is 0 Å². The largest absolute Gasteiger partial charge is 0.496 e. The summed E-state index contributed by atoms with van der Waals surface area (Å²) in [5.41, 5.74) is 1.90. The van der Waals surface area contributed by atoms with Crippen LogP contribution in [-0.4, -0.2) is 31.3 Å². The lowest BCUT2D eigenvalue weighted by atomic mass is 9.96. The van der Waals surface area contributed by atoms with Crippen molar-refractivity contribution >= 4 is 35.1 Å². The van der Waals surface area contributed by atoms with E-state index in [1.807, 2.05) is 6.07 Å². The third-order valence-corrected chi connectivity index (χ3v) is 4.88. The van der Waals surface area contributed by atoms with Crippen LogP contribution in [0.5, 0.6) is 5.75 Å². The lowest BCUT2D eigenvalue weighted by molar-refractivity contribution is 0.102. The molecule has 1 amide bonds. The van der Waals surface area contributed by atoms with E-state index in [4.69, 9.17) is 9.26 Å². The van der Waals surface area contributed by atoms with Crippen LogP contribution in [0.15, 0.2) is 40.9 Å². The van der Waals surface area contributed by atoms with E-state index in [1.165, 1.54) is 18.2 Å². The SMILES string of the molecule is COc1ccc(C(=O)Nc2noc3ccc(F)cc23)cc1CC1CCNC1.Cl. The van der Waals surface area contributed by atoms with Crippen LogP contribution < -0.4 is 15.4 Å². The fourth-order valence-electron chi connectivity index (χ4n) is 3.46. The molecule has 8 heteroatoms. The van der Waals surface area contributed by atoms with E-state index in [9.17, 15) is 9.18 Å². The van der Waals surface area contributed by atoms with Crippen LogP contribution in [0.3, 0.4) is 0 Å². The Morgan fingerprint density at radius 3 is 2.96 bits per heavy atom. The molecule has 1 aliphatic heterocycles. The third kappa shape index (κ3) is 4.10. The van der Waals surface area contributed by atoms with Gasteiger partial charge < -0.3 is 19.9 Å². The average molecular weight is 406 g/mol. The summed E-state index contributed by atoms with van der Waals surface area (Å²) in [5.74, 6) is 0.750. The lowest BCUT2D eigenvalue weighted by Gasteiger charge is -2.14. The van der Waals surface area contributed by atoms with Crippen LogP contribution >= 0.6 is 12.4 Å². The molecule has 6 nitrogen and oxygen atoms in total. The van der Waals surface area contributed by atoms with Crippen molar-refractivity contribution in [3.8, 4) is 5.75 Å². The number of benzene rings is 2. The normalized spacial score (nSPS) is 16.0. The topological polar surface area (TPSA) is 76.4 Å². The molecule has 3 aromatic rings. The van der Waals surface area contributed by atoms with Crippen molar-refractivity contribution in [1.82, 2.24) is 10.5 Å². The number of amides is 1. The Labute approximate surface area is 167 Å². The summed E-state index contributed by atoms with van der Waals surface area (Å²) < 4.78 is 24.1. The molecule has 0 saturated carbocycles. The molecule has 2 N–H and O–H groups in total. The molecule has 1 aromatic heterocycles. The summed E-state index contributed by atoms with van der Waals surface area (Å²) in [5, 5.41) is 10.3. The van der Waals surface area contributed by atoms with Gasteiger partial charge in [-0.05, 0) is 73.8 Å². The van der Waals surface area contributed by atoms with Crippen LogP contribution in [-0.2, 0) is 6.42 Å². The number of carbonyl (C=O) groups is 1. The van der Waals surface area contributed by atoms with Gasteiger partial charge in [0.25, 0.3) is 5.91 Å². The quantitative estimate of drug-likeness (QED) is 0.675. The zero-order valence-corrected chi connectivity index (χ0v) is 16.1. The minimum absolute atomic E-state index is 0. The van der Waals surface area contributed by atoms with E-state index in [1.54, 1.807) is 19.2 Å². The summed E-state index contributed by atoms with van der Waals surface area (Å²) in [6.07, 6.45) is 1.95. The van der Waals surface area contributed by atoms with E-state index >= 15 is 0 Å². The average Bonchev–Trinajstić information content (AvgIpc) is 3.32. The van der Waals surface area contributed by atoms with Crippen molar-refractivity contribution in [2.75, 3.05) is 25.5 Å². The first kappa shape index (κ1) is 20.1. The van der Waals surface area contributed by atoms with Gasteiger partial charge >= 0.3 is 0 Å². The Hall–Kier alpha value is -2.64. The first-order chi connectivity index (χ1) is 13.1. The Balaban J connectivity index is 0.00000225. The molecule has 0 radical (unpaired) electrons. The van der Waals surface area contributed by atoms with Gasteiger partial charge in [0.2, 0.25) is 0 Å². The molecule has 2 heterocycles. The van der Waals surface area contributed by atoms with Gasteiger partial charge in [-0.15, -0.1) is 12.4 Å². The molecule has 1 atom stereocenters. The standard InChI is InChI=1S/C20H20FN3O3.ClH/c1-26-17-4-2-13(9-14(17)8-12-6-7-22-11-12)20(25)23-19-16-10-15(21)3-5-18(16)27-24-19;/h2-5,9-10,12,22H,6-8,11H2,1H3,(H,23,24,25);1H. The van der Waals surface area contributed by atoms with Gasteiger partial charge in [0.1, 0.15) is 11.6 Å². The van der Waals surface area contributed by atoms with Gasteiger partial charge in [-0.1, -0.05) is 5.16 Å². The molecule has 1 aliphatic rings. The van der Waals surface area contributed by atoms with Crippen molar-refractivity contribution in [3.63, 3.8) is 0 Å². The number of fused-ring (bicyclic) bond motifs is 1. The fourth-order valence-corrected chi connectivity index (χ4v) is 3.46. The second kappa shape index (κ2) is 8.58. The van der Waals surface area contributed by atoms with Gasteiger partial charge in [0.05, 0.1) is 12.5 Å². The second-order valence-electron chi connectivity index (χ2n) is 6.72. The predicted molar refractivity (Wildman–Crippen MR) is 107 cm³/mol. The molecule has 1 fully saturated rings. The maximum atomic E-state index is 13.5. The highest BCUT2D eigenvalue weighted by Gasteiger charge is 2.19. The fraction of sp³-hybridized carbons (Fsp3) is 0.300. The predicted octanol–water partition coefficient (Wildman–Crippen LogP) is 3.80. The van der Waals surface area contributed by atoms with E-state index in [0.717, 1.165) is 37.2 Å². The maximum Gasteiger partial charge on any atom is 0.256 e. The molecule has 0 bridgehead atoms. The monoisotopic (exact) mass is 405 g/mol. The van der Waals surface area contributed by atoms with Gasteiger partial charge in [-0.3, -0.25) is 4.79 Å². The first-order valence-electron chi connectivity index (χ1n) is 8.88. The molecule has 148 valence electrons. The molecule has 1 saturated heterocycles. The second-order valence-corrected chi connectivity index (χ2v) is 6.72. The van der Waals surface area contributed by atoms with Gasteiger partial charge in [-0.25, -0.2) is 4.39 Å². The first-order valence-corrected chi connectivity index (χ1v) is 8.88. The van der Waals surface area contributed by atoms with Crippen LogP contribution in [0, 0.1) is 11.7 Å². The molecular weight excluding hydrogens is 385 g/mol. The number of hydrogen-bond acceptors (Lipinski definition) is 5. The van der Waals surface area contributed by atoms with E-state index in [0.29, 0.717) is 22.5 Å². The number of halogens is 2. The Morgan fingerprint density at radius 1 is 1.36 bits per heavy atom. The van der Waals surface area contributed by atoms with Crippen molar-refractivity contribution in [3.05, 3.63) is 53.3 Å². The Bertz CT molecular complexity index is 986. The van der Waals surface area contributed by atoms with Crippen molar-refractivity contribution in [2.24, 2.45) is 5.92 Å². The molecule has 2 aromatic carbocycles. The zero-order valence-electron chi connectivity index (χ0n) is 15.3. The number of anilines is 1. The number of hydrogen-bond donors (Lipinski definition) is 2. The lowest BCUT2D eigenvalue weighted by Crippen LogP contribution is -2.14. The Kier molecular flexibility index (Phi) is 6.16. The van der Waals surface area contributed by atoms with E-state index in [2.05, 4.69) is 15.8 Å². The van der Waals surface area contributed by atoms with Gasteiger partial charge in [0.15, 0.2) is 11.4 Å². The molecule has 0 spiro atoms. The van der Waals surface area contributed by atoms with Crippen LogP contribution in [0.1, 0.15) is 22.3 Å². The number of nitrogens with zero attached hydrogens (tertiary/aromatic N) is 1. The molecule has 4 rings (SSSR count). The zero-order chi connectivity index (χ0) is 18.8. The highest BCUT2D eigenvalue weighted by atomic mass is 35.5. The third-order valence-electron chi connectivity index (χ3n) is 4.88. The van der Waals surface area contributed by atoms with E-state index in [-0.39, 0.29) is 24.1 Å². The number of rotatable bonds is 5. The van der Waals surface area contributed by atoms with Gasteiger partial charge in [-0.2, -0.15) is 0 Å². The number of nitrogens with one attached hydrogen (secondary N) is 2. The number of aromatic nitrogens is 1. The summed E-state index contributed by atoms with van der Waals surface area (Å²) in [7, 11) is 1.63. The van der Waals surface area contributed by atoms with Crippen molar-refractivity contribution < 1.29 is 18.4 Å². The summed E-state index contributed by atoms with van der Waals surface area (Å²) in [6, 6.07) is 9.39. The minimum Gasteiger partial charge on any atom is -0.496 e. The summed E-state index contributed by atoms with van der Waals surface area (Å²) >= 11 is 0. The number of carbonyl (C=O) groups excluding carboxylic acids is 1. The highest BCUT2D eigenvalue weighted by Crippen LogP contribution is 2.27. The van der Waals surface area contributed by atoms with E-state index < -0.39 is 5.82 Å². The summed E-state index contributed by atoms with van der Waals surface area (Å²) in [6.45, 7) is 1.99. The number of methoxy groups -OCH3 is 1.